The van der Waals surface area contributed by atoms with Crippen molar-refractivity contribution in [3.63, 3.8) is 0 Å². The van der Waals surface area contributed by atoms with E-state index in [4.69, 9.17) is 11.6 Å². The SMILES string of the molecule is Cc1ccc(S(=O)(=O)N[C@@H]2Cc3ccccc3[C@H]2Cl)cc1. The lowest BCUT2D eigenvalue weighted by Gasteiger charge is -2.16. The van der Waals surface area contributed by atoms with Gasteiger partial charge in [-0.15, -0.1) is 11.6 Å². The van der Waals surface area contributed by atoms with E-state index >= 15 is 0 Å². The maximum absolute atomic E-state index is 12.4. The summed E-state index contributed by atoms with van der Waals surface area (Å²) in [6.07, 6.45) is 0.620. The Hall–Kier alpha value is -1.36. The predicted molar refractivity (Wildman–Crippen MR) is 84.0 cm³/mol. The molecule has 0 spiro atoms. The monoisotopic (exact) mass is 321 g/mol. The number of nitrogens with one attached hydrogen (secondary N) is 1. The van der Waals surface area contributed by atoms with Crippen LogP contribution in [0, 0.1) is 6.92 Å². The zero-order chi connectivity index (χ0) is 15.0. The fourth-order valence-corrected chi connectivity index (χ4v) is 4.32. The van der Waals surface area contributed by atoms with Crippen LogP contribution in [0.25, 0.3) is 0 Å². The number of alkyl halides is 1. The highest BCUT2D eigenvalue weighted by Crippen LogP contribution is 2.36. The molecule has 2 aromatic rings. The third kappa shape index (κ3) is 2.84. The molecule has 0 heterocycles. The Morgan fingerprint density at radius 3 is 2.43 bits per heavy atom. The second-order valence-corrected chi connectivity index (χ2v) is 7.53. The average Bonchev–Trinajstić information content (AvgIpc) is 2.76. The first-order chi connectivity index (χ1) is 9.97. The van der Waals surface area contributed by atoms with Crippen molar-refractivity contribution in [1.29, 1.82) is 0 Å². The van der Waals surface area contributed by atoms with Crippen molar-refractivity contribution in [2.45, 2.75) is 29.7 Å². The highest BCUT2D eigenvalue weighted by Gasteiger charge is 2.33. The molecule has 1 aliphatic carbocycles. The lowest BCUT2D eigenvalue weighted by Crippen LogP contribution is -2.36. The van der Waals surface area contributed by atoms with Gasteiger partial charge in [-0.05, 0) is 36.6 Å². The molecule has 0 unspecified atom stereocenters. The van der Waals surface area contributed by atoms with Crippen LogP contribution in [0.5, 0.6) is 0 Å². The van der Waals surface area contributed by atoms with Crippen LogP contribution in [0.3, 0.4) is 0 Å². The quantitative estimate of drug-likeness (QED) is 0.883. The van der Waals surface area contributed by atoms with E-state index in [2.05, 4.69) is 4.72 Å². The summed E-state index contributed by atoms with van der Waals surface area (Å²) in [5.74, 6) is 0. The molecule has 0 saturated heterocycles. The molecule has 0 aliphatic heterocycles. The number of hydrogen-bond donors (Lipinski definition) is 1. The molecule has 0 bridgehead atoms. The van der Waals surface area contributed by atoms with E-state index in [1.54, 1.807) is 24.3 Å². The molecule has 3 nitrogen and oxygen atoms in total. The smallest absolute Gasteiger partial charge is 0.207 e. The summed E-state index contributed by atoms with van der Waals surface area (Å²) in [5.41, 5.74) is 3.14. The summed E-state index contributed by atoms with van der Waals surface area (Å²) < 4.78 is 27.6. The van der Waals surface area contributed by atoms with Gasteiger partial charge in [0.2, 0.25) is 10.0 Å². The van der Waals surface area contributed by atoms with E-state index in [9.17, 15) is 8.42 Å². The number of hydrogen-bond acceptors (Lipinski definition) is 2. The fraction of sp³-hybridized carbons (Fsp3) is 0.250. The van der Waals surface area contributed by atoms with Crippen LogP contribution in [-0.2, 0) is 16.4 Å². The minimum absolute atomic E-state index is 0.271. The molecule has 0 saturated carbocycles. The highest BCUT2D eigenvalue weighted by atomic mass is 35.5. The summed E-state index contributed by atoms with van der Waals surface area (Å²) in [6, 6.07) is 14.3. The number of aryl methyl sites for hydroxylation is 1. The van der Waals surface area contributed by atoms with E-state index in [1.165, 1.54) is 0 Å². The summed E-state index contributed by atoms with van der Waals surface area (Å²) in [4.78, 5) is 0.271. The Kier molecular flexibility index (Phi) is 3.78. The van der Waals surface area contributed by atoms with Crippen molar-refractivity contribution >= 4 is 21.6 Å². The maximum atomic E-state index is 12.4. The zero-order valence-corrected chi connectivity index (χ0v) is 13.2. The molecule has 0 radical (unpaired) electrons. The van der Waals surface area contributed by atoms with Crippen LogP contribution >= 0.6 is 11.6 Å². The molecule has 0 aromatic heterocycles. The highest BCUT2D eigenvalue weighted by molar-refractivity contribution is 7.89. The molecule has 2 aromatic carbocycles. The van der Waals surface area contributed by atoms with Gasteiger partial charge in [0.15, 0.2) is 0 Å². The fourth-order valence-electron chi connectivity index (χ4n) is 2.63. The first-order valence-electron chi connectivity index (χ1n) is 6.78. The summed E-state index contributed by atoms with van der Waals surface area (Å²) in [5, 5.41) is -0.332. The van der Waals surface area contributed by atoms with E-state index in [0.717, 1.165) is 16.7 Å². The number of benzene rings is 2. The van der Waals surface area contributed by atoms with Gasteiger partial charge in [0.05, 0.1) is 10.3 Å². The van der Waals surface area contributed by atoms with Crippen LogP contribution in [0.1, 0.15) is 22.1 Å². The minimum Gasteiger partial charge on any atom is -0.207 e. The van der Waals surface area contributed by atoms with Gasteiger partial charge >= 0.3 is 0 Å². The van der Waals surface area contributed by atoms with E-state index in [1.807, 2.05) is 31.2 Å². The molecule has 0 fully saturated rings. The normalized spacial score (nSPS) is 21.2. The van der Waals surface area contributed by atoms with Crippen LogP contribution in [0.4, 0.5) is 0 Å². The van der Waals surface area contributed by atoms with Crippen molar-refractivity contribution in [2.75, 3.05) is 0 Å². The first kappa shape index (κ1) is 14.6. The molecule has 5 heteroatoms. The molecular formula is C16H16ClNO2S. The number of rotatable bonds is 3. The van der Waals surface area contributed by atoms with Gasteiger partial charge in [-0.3, -0.25) is 0 Å². The van der Waals surface area contributed by atoms with Crippen LogP contribution in [0.2, 0.25) is 0 Å². The maximum Gasteiger partial charge on any atom is 0.240 e. The lowest BCUT2D eigenvalue weighted by atomic mass is 10.1. The first-order valence-corrected chi connectivity index (χ1v) is 8.70. The van der Waals surface area contributed by atoms with Gasteiger partial charge < -0.3 is 0 Å². The number of fused-ring (bicyclic) bond motifs is 1. The Morgan fingerprint density at radius 1 is 1.10 bits per heavy atom. The van der Waals surface area contributed by atoms with Crippen LogP contribution in [-0.4, -0.2) is 14.5 Å². The van der Waals surface area contributed by atoms with Gasteiger partial charge in [-0.2, -0.15) is 0 Å². The molecule has 1 N–H and O–H groups in total. The largest absolute Gasteiger partial charge is 0.240 e. The van der Waals surface area contributed by atoms with Crippen LogP contribution < -0.4 is 4.72 Å². The average molecular weight is 322 g/mol. The van der Waals surface area contributed by atoms with Gasteiger partial charge in [-0.1, -0.05) is 42.0 Å². The van der Waals surface area contributed by atoms with Gasteiger partial charge in [-0.25, -0.2) is 13.1 Å². The topological polar surface area (TPSA) is 46.2 Å². The molecule has 2 atom stereocenters. The molecule has 110 valence electrons. The van der Waals surface area contributed by atoms with Crippen LogP contribution in [0.15, 0.2) is 53.4 Å². The molecule has 3 rings (SSSR count). The van der Waals surface area contributed by atoms with E-state index < -0.39 is 10.0 Å². The van der Waals surface area contributed by atoms with Gasteiger partial charge in [0.1, 0.15) is 0 Å². The molecule has 1 aliphatic rings. The third-order valence-electron chi connectivity index (χ3n) is 3.78. The second kappa shape index (κ2) is 5.44. The Balaban J connectivity index is 1.83. The van der Waals surface area contributed by atoms with Crippen molar-refractivity contribution < 1.29 is 8.42 Å². The van der Waals surface area contributed by atoms with Gasteiger partial charge in [0.25, 0.3) is 0 Å². The lowest BCUT2D eigenvalue weighted by molar-refractivity contribution is 0.551. The number of sulfonamides is 1. The summed E-state index contributed by atoms with van der Waals surface area (Å²) in [6.45, 7) is 1.92. The standard InChI is InChI=1S/C16H16ClNO2S/c1-11-6-8-13(9-7-11)21(19,20)18-15-10-12-4-2-3-5-14(12)16(15)17/h2-9,15-16,18H,10H2,1H3/t15-,16-/m1/s1. The Morgan fingerprint density at radius 2 is 1.76 bits per heavy atom. The third-order valence-corrected chi connectivity index (χ3v) is 5.83. The minimum atomic E-state index is -3.55. The molecule has 0 amide bonds. The number of halogens is 1. The van der Waals surface area contributed by atoms with Crippen molar-refractivity contribution in [3.05, 3.63) is 65.2 Å². The summed E-state index contributed by atoms with van der Waals surface area (Å²) >= 11 is 6.40. The molecule has 21 heavy (non-hydrogen) atoms. The molecular weight excluding hydrogens is 306 g/mol. The zero-order valence-electron chi connectivity index (χ0n) is 11.6. The Labute approximate surface area is 130 Å². The van der Waals surface area contributed by atoms with E-state index in [0.29, 0.717) is 6.42 Å². The van der Waals surface area contributed by atoms with Gasteiger partial charge in [0, 0.05) is 6.04 Å². The predicted octanol–water partition coefficient (Wildman–Crippen LogP) is 3.18. The van der Waals surface area contributed by atoms with Crippen molar-refractivity contribution in [2.24, 2.45) is 0 Å². The van der Waals surface area contributed by atoms with Crippen molar-refractivity contribution in [1.82, 2.24) is 4.72 Å². The van der Waals surface area contributed by atoms with E-state index in [-0.39, 0.29) is 16.3 Å². The van der Waals surface area contributed by atoms with Crippen molar-refractivity contribution in [3.8, 4) is 0 Å². The second-order valence-electron chi connectivity index (χ2n) is 5.35. The Bertz CT molecular complexity index is 756. The summed E-state index contributed by atoms with van der Waals surface area (Å²) in [7, 11) is -3.55.